The van der Waals surface area contributed by atoms with Crippen molar-refractivity contribution in [2.45, 2.75) is 11.8 Å². The highest BCUT2D eigenvalue weighted by molar-refractivity contribution is 7.89. The van der Waals surface area contributed by atoms with Crippen LogP contribution in [0.1, 0.15) is 5.56 Å². The van der Waals surface area contributed by atoms with Gasteiger partial charge >= 0.3 is 0 Å². The number of rotatable bonds is 6. The van der Waals surface area contributed by atoms with Gasteiger partial charge in [0.2, 0.25) is 10.0 Å². The van der Waals surface area contributed by atoms with Gasteiger partial charge in [0.25, 0.3) is 0 Å². The van der Waals surface area contributed by atoms with Crippen LogP contribution in [-0.4, -0.2) is 26.7 Å². The molecule has 2 N–H and O–H groups in total. The number of aryl methyl sites for hydroxylation is 1. The van der Waals surface area contributed by atoms with Gasteiger partial charge in [-0.25, -0.2) is 13.1 Å². The van der Waals surface area contributed by atoms with Gasteiger partial charge in [-0.05, 0) is 19.1 Å². The van der Waals surface area contributed by atoms with Crippen molar-refractivity contribution in [3.05, 3.63) is 42.5 Å². The number of sulfonamides is 1. The minimum absolute atomic E-state index is 0.125. The Balaban J connectivity index is 2.75. The predicted octanol–water partition coefficient (Wildman–Crippen LogP) is 1.07. The van der Waals surface area contributed by atoms with Gasteiger partial charge < -0.3 is 5.11 Å². The lowest BCUT2D eigenvalue weighted by atomic mass is 10.2. The van der Waals surface area contributed by atoms with Crippen LogP contribution >= 0.6 is 0 Å². The molecule has 0 heterocycles. The lowest BCUT2D eigenvalue weighted by molar-refractivity contribution is 0.253. The zero-order valence-corrected chi connectivity index (χ0v) is 10.6. The van der Waals surface area contributed by atoms with Crippen molar-refractivity contribution in [3.8, 4) is 0 Å². The smallest absolute Gasteiger partial charge is 0.240 e. The van der Waals surface area contributed by atoms with Gasteiger partial charge in [0.05, 0.1) is 11.5 Å². The highest BCUT2D eigenvalue weighted by atomic mass is 32.2. The highest BCUT2D eigenvalue weighted by Crippen LogP contribution is 2.10. The number of aliphatic hydroxyl groups excluding tert-OH is 1. The van der Waals surface area contributed by atoms with Gasteiger partial charge in [-0.2, -0.15) is 0 Å². The molecule has 1 aromatic carbocycles. The summed E-state index contributed by atoms with van der Waals surface area (Å²) in [5, 5.41) is 8.92. The van der Waals surface area contributed by atoms with Crippen LogP contribution in [0.4, 0.5) is 0 Å². The lowest BCUT2D eigenvalue weighted by Gasteiger charge is -2.11. The molecule has 0 aliphatic heterocycles. The Labute approximate surface area is 102 Å². The van der Waals surface area contributed by atoms with E-state index in [1.807, 2.05) is 6.92 Å². The fraction of sp³-hybridized carbons (Fsp3) is 0.333. The number of benzene rings is 1. The second kappa shape index (κ2) is 5.95. The summed E-state index contributed by atoms with van der Waals surface area (Å²) >= 11 is 0. The molecule has 0 spiro atoms. The second-order valence-corrected chi connectivity index (χ2v) is 5.61. The van der Waals surface area contributed by atoms with Crippen molar-refractivity contribution in [3.63, 3.8) is 0 Å². The van der Waals surface area contributed by atoms with Crippen molar-refractivity contribution >= 4 is 10.0 Å². The summed E-state index contributed by atoms with van der Waals surface area (Å²) < 4.78 is 26.1. The number of hydrogen-bond donors (Lipinski definition) is 2. The summed E-state index contributed by atoms with van der Waals surface area (Å²) in [5.74, 6) is -0.268. The Hall–Kier alpha value is -1.17. The average molecular weight is 255 g/mol. The highest BCUT2D eigenvalue weighted by Gasteiger charge is 2.14. The summed E-state index contributed by atoms with van der Waals surface area (Å²) in [6.07, 6.45) is 1.53. The quantitative estimate of drug-likeness (QED) is 0.747. The van der Waals surface area contributed by atoms with E-state index in [4.69, 9.17) is 5.11 Å². The van der Waals surface area contributed by atoms with E-state index in [9.17, 15) is 8.42 Å². The van der Waals surface area contributed by atoms with Crippen molar-refractivity contribution in [1.82, 2.24) is 4.72 Å². The van der Waals surface area contributed by atoms with Gasteiger partial charge in [0.1, 0.15) is 0 Å². The third kappa shape index (κ3) is 3.96. The molecule has 0 radical (unpaired) electrons. The van der Waals surface area contributed by atoms with E-state index in [2.05, 4.69) is 11.3 Å². The summed E-state index contributed by atoms with van der Waals surface area (Å²) in [7, 11) is -3.50. The first-order valence-electron chi connectivity index (χ1n) is 5.29. The molecule has 0 aromatic heterocycles. The van der Waals surface area contributed by atoms with E-state index < -0.39 is 10.0 Å². The molecular formula is C12H17NO3S. The Kier molecular flexibility index (Phi) is 4.86. The summed E-state index contributed by atoms with van der Waals surface area (Å²) in [6.45, 7) is 5.44. The van der Waals surface area contributed by atoms with Gasteiger partial charge in [-0.1, -0.05) is 23.8 Å². The van der Waals surface area contributed by atoms with Crippen LogP contribution in [0.25, 0.3) is 0 Å². The van der Waals surface area contributed by atoms with Crippen LogP contribution in [0, 0.1) is 12.8 Å². The molecule has 1 rings (SSSR count). The molecule has 0 unspecified atom stereocenters. The van der Waals surface area contributed by atoms with E-state index in [0.717, 1.165) is 5.56 Å². The molecule has 0 fully saturated rings. The zero-order chi connectivity index (χ0) is 12.9. The van der Waals surface area contributed by atoms with Gasteiger partial charge in [-0.15, -0.1) is 6.58 Å². The number of nitrogens with one attached hydrogen (secondary N) is 1. The van der Waals surface area contributed by atoms with Crippen LogP contribution in [0.3, 0.4) is 0 Å². The maximum Gasteiger partial charge on any atom is 0.240 e. The molecule has 4 nitrogen and oxygen atoms in total. The number of aliphatic hydroxyl groups is 1. The third-order valence-corrected chi connectivity index (χ3v) is 3.87. The molecule has 0 saturated heterocycles. The van der Waals surface area contributed by atoms with Crippen molar-refractivity contribution < 1.29 is 13.5 Å². The summed E-state index contributed by atoms with van der Waals surface area (Å²) in [6, 6.07) is 6.59. The first kappa shape index (κ1) is 13.9. The Morgan fingerprint density at radius 2 is 2.00 bits per heavy atom. The standard InChI is InChI=1S/C12H17NO3S/c1-3-11(9-14)8-13-17(15,16)12-6-4-10(2)5-7-12/h3-7,11,13-14H,1,8-9H2,2H3/t11-/m0/s1. The minimum atomic E-state index is -3.50. The third-order valence-electron chi connectivity index (χ3n) is 2.43. The monoisotopic (exact) mass is 255 g/mol. The fourth-order valence-corrected chi connectivity index (χ4v) is 2.33. The van der Waals surface area contributed by atoms with Crippen LogP contribution < -0.4 is 4.72 Å². The maximum atomic E-state index is 11.9. The minimum Gasteiger partial charge on any atom is -0.396 e. The summed E-state index contributed by atoms with van der Waals surface area (Å²) in [5.41, 5.74) is 1.00. The fourth-order valence-electron chi connectivity index (χ4n) is 1.24. The summed E-state index contributed by atoms with van der Waals surface area (Å²) in [4.78, 5) is 0.226. The maximum absolute atomic E-state index is 11.9. The molecule has 1 atom stereocenters. The average Bonchev–Trinajstić information content (AvgIpc) is 2.31. The second-order valence-electron chi connectivity index (χ2n) is 3.84. The van der Waals surface area contributed by atoms with E-state index in [-0.39, 0.29) is 24.0 Å². The predicted molar refractivity (Wildman–Crippen MR) is 67.1 cm³/mol. The van der Waals surface area contributed by atoms with Crippen molar-refractivity contribution in [2.24, 2.45) is 5.92 Å². The Morgan fingerprint density at radius 1 is 1.41 bits per heavy atom. The molecule has 0 aliphatic rings. The first-order chi connectivity index (χ1) is 7.99. The lowest BCUT2D eigenvalue weighted by Crippen LogP contribution is -2.30. The molecule has 1 aromatic rings. The molecule has 17 heavy (non-hydrogen) atoms. The molecule has 0 bridgehead atoms. The largest absolute Gasteiger partial charge is 0.396 e. The van der Waals surface area contributed by atoms with Crippen molar-refractivity contribution in [1.29, 1.82) is 0 Å². The van der Waals surface area contributed by atoms with E-state index in [1.165, 1.54) is 6.08 Å². The van der Waals surface area contributed by atoms with Crippen LogP contribution in [-0.2, 0) is 10.0 Å². The van der Waals surface area contributed by atoms with Crippen LogP contribution in [0.5, 0.6) is 0 Å². The molecule has 0 saturated carbocycles. The Morgan fingerprint density at radius 3 is 2.47 bits per heavy atom. The van der Waals surface area contributed by atoms with E-state index in [0.29, 0.717) is 0 Å². The SMILES string of the molecule is C=C[C@H](CO)CNS(=O)(=O)c1ccc(C)cc1. The molecule has 0 amide bonds. The topological polar surface area (TPSA) is 66.4 Å². The van der Waals surface area contributed by atoms with E-state index in [1.54, 1.807) is 24.3 Å². The molecule has 0 aliphatic carbocycles. The molecular weight excluding hydrogens is 238 g/mol. The van der Waals surface area contributed by atoms with Gasteiger partial charge in [-0.3, -0.25) is 0 Å². The van der Waals surface area contributed by atoms with Crippen LogP contribution in [0.15, 0.2) is 41.8 Å². The molecule has 94 valence electrons. The van der Waals surface area contributed by atoms with Crippen molar-refractivity contribution in [2.75, 3.05) is 13.2 Å². The number of hydrogen-bond acceptors (Lipinski definition) is 3. The zero-order valence-electron chi connectivity index (χ0n) is 9.76. The van der Waals surface area contributed by atoms with Gasteiger partial charge in [0.15, 0.2) is 0 Å². The van der Waals surface area contributed by atoms with E-state index >= 15 is 0 Å². The van der Waals surface area contributed by atoms with Gasteiger partial charge in [0, 0.05) is 12.5 Å². The first-order valence-corrected chi connectivity index (χ1v) is 6.77. The normalized spacial score (nSPS) is 13.3. The van der Waals surface area contributed by atoms with Crippen LogP contribution in [0.2, 0.25) is 0 Å². The molecule has 5 heteroatoms. The Bertz CT molecular complexity index is 465.